The molecule has 0 atom stereocenters. The lowest BCUT2D eigenvalue weighted by molar-refractivity contribution is 0.461. The minimum atomic E-state index is 0.492. The summed E-state index contributed by atoms with van der Waals surface area (Å²) < 4.78 is 1.76. The fourth-order valence-electron chi connectivity index (χ4n) is 3.02. The molecule has 3 aromatic heterocycles. The zero-order valence-corrected chi connectivity index (χ0v) is 12.3. The maximum atomic E-state index is 4.64. The van der Waals surface area contributed by atoms with Gasteiger partial charge in [0.05, 0.1) is 17.5 Å². The lowest BCUT2D eigenvalue weighted by Gasteiger charge is -2.22. The lowest BCUT2D eigenvalue weighted by atomic mass is 9.96. The molecule has 6 nitrogen and oxygen atoms in total. The molecule has 1 aliphatic rings. The van der Waals surface area contributed by atoms with Crippen molar-refractivity contribution in [3.63, 3.8) is 0 Å². The molecule has 0 radical (unpaired) electrons. The second kappa shape index (κ2) is 5.71. The van der Waals surface area contributed by atoms with Gasteiger partial charge in [-0.2, -0.15) is 5.10 Å². The van der Waals surface area contributed by atoms with Gasteiger partial charge in [-0.3, -0.25) is 0 Å². The molecule has 3 heterocycles. The van der Waals surface area contributed by atoms with E-state index in [1.807, 2.05) is 18.3 Å². The Hall–Kier alpha value is -2.50. The minimum absolute atomic E-state index is 0.492. The van der Waals surface area contributed by atoms with Gasteiger partial charge in [0.2, 0.25) is 5.95 Å². The van der Waals surface area contributed by atoms with E-state index in [9.17, 15) is 0 Å². The van der Waals surface area contributed by atoms with E-state index in [4.69, 9.17) is 0 Å². The third-order valence-corrected chi connectivity index (χ3v) is 4.15. The molecule has 1 saturated carbocycles. The third kappa shape index (κ3) is 2.52. The third-order valence-electron chi connectivity index (χ3n) is 4.15. The van der Waals surface area contributed by atoms with E-state index in [1.165, 1.54) is 32.1 Å². The molecule has 0 aliphatic heterocycles. The average molecular weight is 294 g/mol. The van der Waals surface area contributed by atoms with Gasteiger partial charge in [0.1, 0.15) is 0 Å². The van der Waals surface area contributed by atoms with E-state index in [-0.39, 0.29) is 0 Å². The number of rotatable bonds is 3. The van der Waals surface area contributed by atoms with Crippen LogP contribution in [0, 0.1) is 0 Å². The SMILES string of the molecule is c1cnc2c(-c3ccnc(NC4CCCCC4)n3)cnn2c1. The summed E-state index contributed by atoms with van der Waals surface area (Å²) in [5, 5.41) is 7.78. The highest BCUT2D eigenvalue weighted by Gasteiger charge is 2.15. The number of hydrogen-bond donors (Lipinski definition) is 1. The van der Waals surface area contributed by atoms with Crippen molar-refractivity contribution in [1.29, 1.82) is 0 Å². The predicted molar refractivity (Wildman–Crippen MR) is 84.5 cm³/mol. The summed E-state index contributed by atoms with van der Waals surface area (Å²) in [6.45, 7) is 0. The van der Waals surface area contributed by atoms with Crippen LogP contribution in [0.3, 0.4) is 0 Å². The molecule has 3 aromatic rings. The van der Waals surface area contributed by atoms with Crippen molar-refractivity contribution in [2.24, 2.45) is 0 Å². The summed E-state index contributed by atoms with van der Waals surface area (Å²) >= 11 is 0. The van der Waals surface area contributed by atoms with Crippen LogP contribution in [0.5, 0.6) is 0 Å². The predicted octanol–water partition coefficient (Wildman–Crippen LogP) is 2.93. The molecule has 4 rings (SSSR count). The number of anilines is 1. The molecule has 0 amide bonds. The van der Waals surface area contributed by atoms with Crippen LogP contribution in [0.25, 0.3) is 16.9 Å². The number of nitrogens with zero attached hydrogens (tertiary/aromatic N) is 5. The van der Waals surface area contributed by atoms with Crippen LogP contribution >= 0.6 is 0 Å². The molecule has 22 heavy (non-hydrogen) atoms. The highest BCUT2D eigenvalue weighted by Crippen LogP contribution is 2.23. The van der Waals surface area contributed by atoms with Crippen molar-refractivity contribution in [2.45, 2.75) is 38.1 Å². The Morgan fingerprint density at radius 3 is 2.91 bits per heavy atom. The maximum absolute atomic E-state index is 4.64. The second-order valence-corrected chi connectivity index (χ2v) is 5.69. The molecule has 0 spiro atoms. The zero-order chi connectivity index (χ0) is 14.8. The number of fused-ring (bicyclic) bond motifs is 1. The lowest BCUT2D eigenvalue weighted by Crippen LogP contribution is -2.23. The van der Waals surface area contributed by atoms with Gasteiger partial charge in [0.25, 0.3) is 0 Å². The van der Waals surface area contributed by atoms with Crippen molar-refractivity contribution in [1.82, 2.24) is 24.6 Å². The largest absolute Gasteiger partial charge is 0.351 e. The van der Waals surface area contributed by atoms with E-state index in [0.29, 0.717) is 12.0 Å². The molecule has 0 unspecified atom stereocenters. The first kappa shape index (κ1) is 13.2. The molecule has 0 aromatic carbocycles. The summed E-state index contributed by atoms with van der Waals surface area (Å²) in [6.07, 6.45) is 13.6. The van der Waals surface area contributed by atoms with Crippen LogP contribution in [0.4, 0.5) is 5.95 Å². The van der Waals surface area contributed by atoms with Gasteiger partial charge in [-0.25, -0.2) is 19.5 Å². The Morgan fingerprint density at radius 1 is 1.09 bits per heavy atom. The molecule has 1 fully saturated rings. The monoisotopic (exact) mass is 294 g/mol. The molecule has 0 bridgehead atoms. The minimum Gasteiger partial charge on any atom is -0.351 e. The van der Waals surface area contributed by atoms with Gasteiger partial charge in [-0.15, -0.1) is 0 Å². The van der Waals surface area contributed by atoms with Crippen molar-refractivity contribution >= 4 is 11.6 Å². The van der Waals surface area contributed by atoms with E-state index in [2.05, 4.69) is 25.4 Å². The Morgan fingerprint density at radius 2 is 2.00 bits per heavy atom. The topological polar surface area (TPSA) is 68.0 Å². The first-order chi connectivity index (χ1) is 10.9. The summed E-state index contributed by atoms with van der Waals surface area (Å²) in [4.78, 5) is 13.4. The van der Waals surface area contributed by atoms with E-state index in [1.54, 1.807) is 23.1 Å². The molecule has 112 valence electrons. The van der Waals surface area contributed by atoms with E-state index in [0.717, 1.165) is 16.9 Å². The second-order valence-electron chi connectivity index (χ2n) is 5.69. The molecule has 1 aliphatic carbocycles. The van der Waals surface area contributed by atoms with Crippen LogP contribution < -0.4 is 5.32 Å². The van der Waals surface area contributed by atoms with Crippen molar-refractivity contribution in [2.75, 3.05) is 5.32 Å². The normalized spacial score (nSPS) is 16.0. The zero-order valence-electron chi connectivity index (χ0n) is 12.3. The van der Waals surface area contributed by atoms with Gasteiger partial charge in [0, 0.05) is 24.6 Å². The molecule has 6 heteroatoms. The van der Waals surface area contributed by atoms with Crippen molar-refractivity contribution in [3.05, 3.63) is 36.9 Å². The van der Waals surface area contributed by atoms with Crippen LogP contribution in [0.1, 0.15) is 32.1 Å². The Bertz CT molecular complexity index is 775. The average Bonchev–Trinajstić information content (AvgIpc) is 3.00. The van der Waals surface area contributed by atoms with Crippen LogP contribution in [0.2, 0.25) is 0 Å². The smallest absolute Gasteiger partial charge is 0.223 e. The quantitative estimate of drug-likeness (QED) is 0.804. The van der Waals surface area contributed by atoms with Gasteiger partial charge < -0.3 is 5.32 Å². The van der Waals surface area contributed by atoms with Gasteiger partial charge in [0.15, 0.2) is 5.65 Å². The summed E-state index contributed by atoms with van der Waals surface area (Å²) in [5.74, 6) is 0.694. The number of nitrogens with one attached hydrogen (secondary N) is 1. The highest BCUT2D eigenvalue weighted by molar-refractivity contribution is 5.74. The Kier molecular flexibility index (Phi) is 3.42. The van der Waals surface area contributed by atoms with E-state index < -0.39 is 0 Å². The molecular formula is C16H18N6. The molecule has 0 saturated heterocycles. The Balaban J connectivity index is 1.63. The summed E-state index contributed by atoms with van der Waals surface area (Å²) in [7, 11) is 0. The van der Waals surface area contributed by atoms with Gasteiger partial charge in [-0.05, 0) is 25.0 Å². The van der Waals surface area contributed by atoms with Crippen LogP contribution in [-0.2, 0) is 0 Å². The maximum Gasteiger partial charge on any atom is 0.223 e. The number of aromatic nitrogens is 5. The highest BCUT2D eigenvalue weighted by atomic mass is 15.2. The Labute approximate surface area is 128 Å². The van der Waals surface area contributed by atoms with Gasteiger partial charge >= 0.3 is 0 Å². The number of hydrogen-bond acceptors (Lipinski definition) is 5. The fourth-order valence-corrected chi connectivity index (χ4v) is 3.02. The first-order valence-corrected chi connectivity index (χ1v) is 7.78. The van der Waals surface area contributed by atoms with Crippen molar-refractivity contribution < 1.29 is 0 Å². The molecular weight excluding hydrogens is 276 g/mol. The molecule has 1 N–H and O–H groups in total. The standard InChI is InChI=1S/C16H18N6/c1-2-5-12(6-3-1)20-16-18-9-7-14(21-16)13-11-19-22-10-4-8-17-15(13)22/h4,7-12H,1-3,5-6H2,(H,18,20,21). The van der Waals surface area contributed by atoms with Crippen molar-refractivity contribution in [3.8, 4) is 11.3 Å². The fraction of sp³-hybridized carbons (Fsp3) is 0.375. The van der Waals surface area contributed by atoms with Gasteiger partial charge in [-0.1, -0.05) is 19.3 Å². The summed E-state index contributed by atoms with van der Waals surface area (Å²) in [5.41, 5.74) is 2.58. The first-order valence-electron chi connectivity index (χ1n) is 7.78. The van der Waals surface area contributed by atoms with Crippen LogP contribution in [0.15, 0.2) is 36.9 Å². The van der Waals surface area contributed by atoms with Crippen LogP contribution in [-0.4, -0.2) is 30.6 Å². The summed E-state index contributed by atoms with van der Waals surface area (Å²) in [6, 6.07) is 4.25. The van der Waals surface area contributed by atoms with E-state index >= 15 is 0 Å².